The number of anilines is 1. The lowest BCUT2D eigenvalue weighted by Gasteiger charge is -2.12. The van der Waals surface area contributed by atoms with Gasteiger partial charge in [0.25, 0.3) is 0 Å². The molecule has 4 heteroatoms. The second kappa shape index (κ2) is 6.66. The van der Waals surface area contributed by atoms with E-state index in [1.807, 2.05) is 31.2 Å². The molecule has 0 saturated carbocycles. The molecule has 0 unspecified atom stereocenters. The number of hydrogen-bond acceptors (Lipinski definition) is 3. The number of hydrogen-bond donors (Lipinski definition) is 2. The maximum Gasteiger partial charge on any atom is 0.161 e. The van der Waals surface area contributed by atoms with E-state index < -0.39 is 0 Å². The van der Waals surface area contributed by atoms with Gasteiger partial charge in [0, 0.05) is 16.7 Å². The summed E-state index contributed by atoms with van der Waals surface area (Å²) >= 11 is 3.45. The van der Waals surface area contributed by atoms with Gasteiger partial charge >= 0.3 is 0 Å². The number of aromatic hydroxyl groups is 1. The van der Waals surface area contributed by atoms with Crippen LogP contribution < -0.4 is 10.1 Å². The number of rotatable bonds is 5. The molecule has 0 aliphatic heterocycles. The molecule has 2 rings (SSSR count). The third kappa shape index (κ3) is 3.67. The second-order valence-electron chi connectivity index (χ2n) is 4.55. The van der Waals surface area contributed by atoms with Gasteiger partial charge < -0.3 is 15.2 Å². The highest BCUT2D eigenvalue weighted by molar-refractivity contribution is 9.10. The molecule has 0 amide bonds. The van der Waals surface area contributed by atoms with E-state index >= 15 is 0 Å². The van der Waals surface area contributed by atoms with E-state index in [1.54, 1.807) is 6.07 Å². The lowest BCUT2D eigenvalue weighted by molar-refractivity contribution is 0.318. The Morgan fingerprint density at radius 3 is 2.70 bits per heavy atom. The van der Waals surface area contributed by atoms with E-state index in [9.17, 15) is 5.11 Å². The first-order chi connectivity index (χ1) is 9.60. The number of phenolic OH excluding ortho intramolecular Hbond substituents is 1. The maximum absolute atomic E-state index is 9.68. The predicted octanol–water partition coefficient (Wildman–Crippen LogP) is 4.47. The molecule has 20 heavy (non-hydrogen) atoms. The number of ether oxygens (including phenoxy) is 1. The molecule has 3 nitrogen and oxygen atoms in total. The summed E-state index contributed by atoms with van der Waals surface area (Å²) in [5, 5.41) is 13.1. The Kier molecular flexibility index (Phi) is 4.90. The molecular formula is C16H18BrNO2. The number of aryl methyl sites for hydroxylation is 1. The summed E-state index contributed by atoms with van der Waals surface area (Å²) < 4.78 is 6.46. The Hall–Kier alpha value is -1.68. The molecule has 0 aliphatic carbocycles. The summed E-state index contributed by atoms with van der Waals surface area (Å²) in [6, 6.07) is 11.5. The van der Waals surface area contributed by atoms with Crippen molar-refractivity contribution >= 4 is 21.6 Å². The fraction of sp³-hybridized carbons (Fsp3) is 0.250. The molecule has 0 heterocycles. The van der Waals surface area contributed by atoms with Crippen LogP contribution >= 0.6 is 15.9 Å². The molecule has 0 aliphatic rings. The minimum Gasteiger partial charge on any atom is -0.504 e. The maximum atomic E-state index is 9.68. The standard InChI is InChI=1S/C16H18BrNO2/c1-3-20-16-9-12(4-7-15(16)19)10-18-14-6-5-13(17)8-11(14)2/h4-9,18-19H,3,10H2,1-2H3. The average molecular weight is 336 g/mol. The van der Waals surface area contributed by atoms with Gasteiger partial charge in [0.05, 0.1) is 6.61 Å². The van der Waals surface area contributed by atoms with E-state index in [4.69, 9.17) is 4.74 Å². The van der Waals surface area contributed by atoms with E-state index in [0.717, 1.165) is 15.7 Å². The first-order valence-electron chi connectivity index (χ1n) is 6.55. The largest absolute Gasteiger partial charge is 0.504 e. The SMILES string of the molecule is CCOc1cc(CNc2ccc(Br)cc2C)ccc1O. The van der Waals surface area contributed by atoms with Gasteiger partial charge in [-0.05, 0) is 55.3 Å². The van der Waals surface area contributed by atoms with Crippen molar-refractivity contribution in [3.63, 3.8) is 0 Å². The Morgan fingerprint density at radius 1 is 1.20 bits per heavy atom. The van der Waals surface area contributed by atoms with Crippen molar-refractivity contribution in [2.24, 2.45) is 0 Å². The van der Waals surface area contributed by atoms with Gasteiger partial charge in [0.2, 0.25) is 0 Å². The molecule has 2 N–H and O–H groups in total. The van der Waals surface area contributed by atoms with E-state index in [-0.39, 0.29) is 5.75 Å². The van der Waals surface area contributed by atoms with Crippen LogP contribution in [0.3, 0.4) is 0 Å². The topological polar surface area (TPSA) is 41.5 Å². The highest BCUT2D eigenvalue weighted by Crippen LogP contribution is 2.27. The van der Waals surface area contributed by atoms with Gasteiger partial charge in [0.1, 0.15) is 0 Å². The molecule has 0 atom stereocenters. The molecule has 0 fully saturated rings. The van der Waals surface area contributed by atoms with Gasteiger partial charge in [-0.1, -0.05) is 22.0 Å². The minimum atomic E-state index is 0.176. The van der Waals surface area contributed by atoms with Crippen LogP contribution in [0, 0.1) is 6.92 Å². The molecule has 0 spiro atoms. The number of benzene rings is 2. The summed E-state index contributed by atoms with van der Waals surface area (Å²) in [6.45, 7) is 5.18. The fourth-order valence-electron chi connectivity index (χ4n) is 1.96. The zero-order valence-corrected chi connectivity index (χ0v) is 13.2. The molecule has 2 aromatic rings. The van der Waals surface area contributed by atoms with Crippen molar-refractivity contribution in [2.45, 2.75) is 20.4 Å². The number of nitrogens with one attached hydrogen (secondary N) is 1. The van der Waals surface area contributed by atoms with Crippen molar-refractivity contribution in [1.82, 2.24) is 0 Å². The Bertz CT molecular complexity index is 599. The van der Waals surface area contributed by atoms with Gasteiger partial charge in [-0.2, -0.15) is 0 Å². The summed E-state index contributed by atoms with van der Waals surface area (Å²) in [5.74, 6) is 0.703. The third-order valence-electron chi connectivity index (χ3n) is 3.00. The fourth-order valence-corrected chi connectivity index (χ4v) is 2.44. The summed E-state index contributed by atoms with van der Waals surface area (Å²) in [5.41, 5.74) is 3.34. The van der Waals surface area contributed by atoms with Gasteiger partial charge in [-0.25, -0.2) is 0 Å². The van der Waals surface area contributed by atoms with Crippen molar-refractivity contribution in [1.29, 1.82) is 0 Å². The van der Waals surface area contributed by atoms with E-state index in [2.05, 4.69) is 34.2 Å². The summed E-state index contributed by atoms with van der Waals surface area (Å²) in [6.07, 6.45) is 0. The van der Waals surface area contributed by atoms with Crippen LogP contribution in [-0.4, -0.2) is 11.7 Å². The molecule has 2 aromatic carbocycles. The monoisotopic (exact) mass is 335 g/mol. The molecular weight excluding hydrogens is 318 g/mol. The minimum absolute atomic E-state index is 0.176. The zero-order chi connectivity index (χ0) is 14.5. The Balaban J connectivity index is 2.08. The van der Waals surface area contributed by atoms with E-state index in [0.29, 0.717) is 18.9 Å². The first-order valence-corrected chi connectivity index (χ1v) is 7.34. The van der Waals surface area contributed by atoms with E-state index in [1.165, 1.54) is 5.56 Å². The van der Waals surface area contributed by atoms with Gasteiger partial charge in [-0.3, -0.25) is 0 Å². The highest BCUT2D eigenvalue weighted by atomic mass is 79.9. The number of phenols is 1. The molecule has 106 valence electrons. The van der Waals surface area contributed by atoms with Crippen molar-refractivity contribution in [2.75, 3.05) is 11.9 Å². The molecule has 0 bridgehead atoms. The first kappa shape index (κ1) is 14.7. The zero-order valence-electron chi connectivity index (χ0n) is 11.6. The van der Waals surface area contributed by atoms with Crippen LogP contribution in [0.15, 0.2) is 40.9 Å². The third-order valence-corrected chi connectivity index (χ3v) is 3.49. The normalized spacial score (nSPS) is 10.3. The Morgan fingerprint density at radius 2 is 2.00 bits per heavy atom. The van der Waals surface area contributed by atoms with Crippen LogP contribution in [-0.2, 0) is 6.54 Å². The van der Waals surface area contributed by atoms with Crippen molar-refractivity contribution < 1.29 is 9.84 Å². The number of halogens is 1. The molecule has 0 aromatic heterocycles. The average Bonchev–Trinajstić information content (AvgIpc) is 2.41. The van der Waals surface area contributed by atoms with Crippen LogP contribution in [0.5, 0.6) is 11.5 Å². The predicted molar refractivity (Wildman–Crippen MR) is 85.5 cm³/mol. The van der Waals surface area contributed by atoms with Crippen LogP contribution in [0.1, 0.15) is 18.1 Å². The van der Waals surface area contributed by atoms with Crippen LogP contribution in [0.2, 0.25) is 0 Å². The summed E-state index contributed by atoms with van der Waals surface area (Å²) in [4.78, 5) is 0. The smallest absolute Gasteiger partial charge is 0.161 e. The van der Waals surface area contributed by atoms with Crippen LogP contribution in [0.4, 0.5) is 5.69 Å². The summed E-state index contributed by atoms with van der Waals surface area (Å²) in [7, 11) is 0. The van der Waals surface area contributed by atoms with Gasteiger partial charge in [-0.15, -0.1) is 0 Å². The highest BCUT2D eigenvalue weighted by Gasteiger charge is 2.04. The van der Waals surface area contributed by atoms with Gasteiger partial charge in [0.15, 0.2) is 11.5 Å². The quantitative estimate of drug-likeness (QED) is 0.846. The second-order valence-corrected chi connectivity index (χ2v) is 5.46. The van der Waals surface area contributed by atoms with Crippen molar-refractivity contribution in [3.05, 3.63) is 52.0 Å². The lowest BCUT2D eigenvalue weighted by Crippen LogP contribution is -2.01. The van der Waals surface area contributed by atoms with Crippen LogP contribution in [0.25, 0.3) is 0 Å². The Labute approximate surface area is 127 Å². The molecule has 0 radical (unpaired) electrons. The molecule has 0 saturated heterocycles. The lowest BCUT2D eigenvalue weighted by atomic mass is 10.1. The van der Waals surface area contributed by atoms with Crippen molar-refractivity contribution in [3.8, 4) is 11.5 Å².